The highest BCUT2D eigenvalue weighted by molar-refractivity contribution is 5.81. The minimum Gasteiger partial charge on any atom is -0.484 e. The molecule has 2 aromatic rings. The third-order valence-corrected chi connectivity index (χ3v) is 4.35. The SMILES string of the molecule is Cc1cccc(OCC(=O)N(C)CC(C)CNC(=O)[C@H](O)c2ccccc2)c1. The maximum Gasteiger partial charge on any atom is 0.260 e. The van der Waals surface area contributed by atoms with Crippen LogP contribution in [0.5, 0.6) is 5.75 Å². The topological polar surface area (TPSA) is 78.9 Å². The fourth-order valence-corrected chi connectivity index (χ4v) is 2.75. The van der Waals surface area contributed by atoms with E-state index < -0.39 is 12.0 Å². The first-order valence-corrected chi connectivity index (χ1v) is 9.31. The fraction of sp³-hybridized carbons (Fsp3) is 0.364. The number of likely N-dealkylation sites (N-methyl/N-ethyl adjacent to an activating group) is 1. The van der Waals surface area contributed by atoms with Crippen LogP contribution in [0.3, 0.4) is 0 Å². The molecule has 2 aromatic carbocycles. The summed E-state index contributed by atoms with van der Waals surface area (Å²) in [7, 11) is 1.71. The minimum atomic E-state index is -1.20. The van der Waals surface area contributed by atoms with Crippen LogP contribution in [-0.2, 0) is 9.59 Å². The van der Waals surface area contributed by atoms with Crippen LogP contribution >= 0.6 is 0 Å². The second-order valence-electron chi connectivity index (χ2n) is 7.04. The molecule has 2 rings (SSSR count). The summed E-state index contributed by atoms with van der Waals surface area (Å²) in [6, 6.07) is 16.3. The number of aliphatic hydroxyl groups excluding tert-OH is 1. The lowest BCUT2D eigenvalue weighted by Gasteiger charge is -2.22. The fourth-order valence-electron chi connectivity index (χ4n) is 2.75. The molecule has 6 nitrogen and oxygen atoms in total. The van der Waals surface area contributed by atoms with Gasteiger partial charge in [0.25, 0.3) is 11.8 Å². The van der Waals surface area contributed by atoms with Gasteiger partial charge in [0.1, 0.15) is 5.75 Å². The zero-order chi connectivity index (χ0) is 20.5. The van der Waals surface area contributed by atoms with Crippen molar-refractivity contribution in [2.45, 2.75) is 20.0 Å². The van der Waals surface area contributed by atoms with E-state index in [1.165, 1.54) is 0 Å². The number of amides is 2. The van der Waals surface area contributed by atoms with Gasteiger partial charge in [-0.25, -0.2) is 0 Å². The summed E-state index contributed by atoms with van der Waals surface area (Å²) in [5.74, 6) is 0.107. The van der Waals surface area contributed by atoms with Crippen molar-refractivity contribution >= 4 is 11.8 Å². The highest BCUT2D eigenvalue weighted by Crippen LogP contribution is 2.13. The number of hydrogen-bond donors (Lipinski definition) is 2. The van der Waals surface area contributed by atoms with Crippen LogP contribution in [0.2, 0.25) is 0 Å². The van der Waals surface area contributed by atoms with Crippen molar-refractivity contribution in [1.29, 1.82) is 0 Å². The first-order valence-electron chi connectivity index (χ1n) is 9.31. The first kappa shape index (κ1) is 21.4. The standard InChI is InChI=1S/C22H28N2O4/c1-16-8-7-11-19(12-16)28-15-20(25)24(3)14-17(2)13-23-22(27)21(26)18-9-5-4-6-10-18/h4-12,17,21,26H,13-15H2,1-3H3,(H,23,27)/t17?,21-/m1/s1. The molecule has 0 aliphatic carbocycles. The van der Waals surface area contributed by atoms with Gasteiger partial charge in [-0.2, -0.15) is 0 Å². The Balaban J connectivity index is 1.73. The monoisotopic (exact) mass is 384 g/mol. The van der Waals surface area contributed by atoms with E-state index in [1.807, 2.05) is 44.2 Å². The number of ether oxygens (including phenoxy) is 1. The molecule has 0 fully saturated rings. The molecule has 0 heterocycles. The number of carbonyl (C=O) groups excluding carboxylic acids is 2. The molecular formula is C22H28N2O4. The Kier molecular flexibility index (Phi) is 8.02. The van der Waals surface area contributed by atoms with E-state index in [0.717, 1.165) is 5.56 Å². The van der Waals surface area contributed by atoms with Gasteiger partial charge in [0, 0.05) is 20.1 Å². The highest BCUT2D eigenvalue weighted by atomic mass is 16.5. The zero-order valence-electron chi connectivity index (χ0n) is 16.6. The van der Waals surface area contributed by atoms with Crippen molar-refractivity contribution in [3.8, 4) is 5.75 Å². The smallest absolute Gasteiger partial charge is 0.260 e. The number of aryl methyl sites for hydroxylation is 1. The molecule has 2 atom stereocenters. The van der Waals surface area contributed by atoms with Gasteiger partial charge in [0.2, 0.25) is 0 Å². The van der Waals surface area contributed by atoms with E-state index in [4.69, 9.17) is 4.74 Å². The van der Waals surface area contributed by atoms with Crippen molar-refractivity contribution in [2.75, 3.05) is 26.7 Å². The average Bonchev–Trinajstić information content (AvgIpc) is 2.70. The van der Waals surface area contributed by atoms with Crippen LogP contribution < -0.4 is 10.1 Å². The van der Waals surface area contributed by atoms with Crippen LogP contribution in [-0.4, -0.2) is 48.6 Å². The molecule has 1 unspecified atom stereocenters. The molecule has 0 saturated carbocycles. The van der Waals surface area contributed by atoms with Gasteiger partial charge in [0.15, 0.2) is 12.7 Å². The summed E-state index contributed by atoms with van der Waals surface area (Å²) in [6.07, 6.45) is -1.20. The van der Waals surface area contributed by atoms with Crippen LogP contribution in [0.15, 0.2) is 54.6 Å². The summed E-state index contributed by atoms with van der Waals surface area (Å²) in [6.45, 7) is 4.69. The van der Waals surface area contributed by atoms with Crippen molar-refractivity contribution in [2.24, 2.45) is 5.92 Å². The van der Waals surface area contributed by atoms with Crippen molar-refractivity contribution in [1.82, 2.24) is 10.2 Å². The molecule has 0 bridgehead atoms. The highest BCUT2D eigenvalue weighted by Gasteiger charge is 2.18. The Hall–Kier alpha value is -2.86. The van der Waals surface area contributed by atoms with Gasteiger partial charge >= 0.3 is 0 Å². The third-order valence-electron chi connectivity index (χ3n) is 4.35. The number of aliphatic hydroxyl groups is 1. The number of carbonyl (C=O) groups is 2. The molecule has 0 spiro atoms. The largest absolute Gasteiger partial charge is 0.484 e. The lowest BCUT2D eigenvalue weighted by Crippen LogP contribution is -2.39. The van der Waals surface area contributed by atoms with Gasteiger partial charge < -0.3 is 20.1 Å². The van der Waals surface area contributed by atoms with Gasteiger partial charge in [-0.15, -0.1) is 0 Å². The Morgan fingerprint density at radius 3 is 2.54 bits per heavy atom. The number of rotatable bonds is 9. The molecule has 0 aliphatic rings. The van der Waals surface area contributed by atoms with E-state index in [0.29, 0.717) is 24.4 Å². The van der Waals surface area contributed by atoms with E-state index in [1.54, 1.807) is 36.2 Å². The lowest BCUT2D eigenvalue weighted by atomic mass is 10.1. The molecule has 0 radical (unpaired) electrons. The summed E-state index contributed by atoms with van der Waals surface area (Å²) >= 11 is 0. The summed E-state index contributed by atoms with van der Waals surface area (Å²) < 4.78 is 5.54. The van der Waals surface area contributed by atoms with Crippen molar-refractivity contribution in [3.05, 3.63) is 65.7 Å². The average molecular weight is 384 g/mol. The Morgan fingerprint density at radius 1 is 1.14 bits per heavy atom. The molecule has 6 heteroatoms. The summed E-state index contributed by atoms with van der Waals surface area (Å²) in [5.41, 5.74) is 1.62. The normalized spacial score (nSPS) is 12.7. The molecule has 150 valence electrons. The predicted octanol–water partition coefficient (Wildman–Crippen LogP) is 2.32. The number of nitrogens with zero attached hydrogens (tertiary/aromatic N) is 1. The number of nitrogens with one attached hydrogen (secondary N) is 1. The van der Waals surface area contributed by atoms with E-state index in [-0.39, 0.29) is 18.4 Å². The summed E-state index contributed by atoms with van der Waals surface area (Å²) in [5, 5.41) is 12.8. The van der Waals surface area contributed by atoms with Crippen LogP contribution in [0.25, 0.3) is 0 Å². The first-order chi connectivity index (χ1) is 13.4. The van der Waals surface area contributed by atoms with Crippen molar-refractivity contribution in [3.63, 3.8) is 0 Å². The maximum atomic E-state index is 12.2. The molecule has 28 heavy (non-hydrogen) atoms. The van der Waals surface area contributed by atoms with Gasteiger partial charge in [-0.1, -0.05) is 49.4 Å². The molecule has 2 amide bonds. The quantitative estimate of drug-likeness (QED) is 0.695. The Labute approximate surface area is 166 Å². The second-order valence-corrected chi connectivity index (χ2v) is 7.04. The molecule has 0 aromatic heterocycles. The van der Waals surface area contributed by atoms with E-state index in [2.05, 4.69) is 5.32 Å². The van der Waals surface area contributed by atoms with Crippen LogP contribution in [0.1, 0.15) is 24.2 Å². The second kappa shape index (κ2) is 10.5. The van der Waals surface area contributed by atoms with E-state index in [9.17, 15) is 14.7 Å². The number of benzene rings is 2. The lowest BCUT2D eigenvalue weighted by molar-refractivity contribution is -0.132. The number of hydrogen-bond acceptors (Lipinski definition) is 4. The molecule has 0 saturated heterocycles. The maximum absolute atomic E-state index is 12.2. The minimum absolute atomic E-state index is 0.0276. The Morgan fingerprint density at radius 2 is 1.86 bits per heavy atom. The zero-order valence-corrected chi connectivity index (χ0v) is 16.6. The predicted molar refractivity (Wildman–Crippen MR) is 108 cm³/mol. The molecule has 0 aliphatic heterocycles. The van der Waals surface area contributed by atoms with Gasteiger partial charge in [0.05, 0.1) is 0 Å². The van der Waals surface area contributed by atoms with Crippen LogP contribution in [0.4, 0.5) is 0 Å². The van der Waals surface area contributed by atoms with Crippen molar-refractivity contribution < 1.29 is 19.4 Å². The van der Waals surface area contributed by atoms with Gasteiger partial charge in [-0.3, -0.25) is 9.59 Å². The molecular weight excluding hydrogens is 356 g/mol. The van der Waals surface area contributed by atoms with Gasteiger partial charge in [-0.05, 0) is 36.1 Å². The molecule has 2 N–H and O–H groups in total. The third kappa shape index (κ3) is 6.70. The van der Waals surface area contributed by atoms with Crippen LogP contribution in [0, 0.1) is 12.8 Å². The summed E-state index contributed by atoms with van der Waals surface area (Å²) in [4.78, 5) is 25.9. The Bertz CT molecular complexity index is 779. The van der Waals surface area contributed by atoms with E-state index >= 15 is 0 Å².